The quantitative estimate of drug-likeness (QED) is 0.420. The second-order valence-corrected chi connectivity index (χ2v) is 8.56. The number of aromatic nitrogens is 2. The number of aromatic amines is 1. The summed E-state index contributed by atoms with van der Waals surface area (Å²) in [7, 11) is 0. The van der Waals surface area contributed by atoms with E-state index in [-0.39, 0.29) is 11.8 Å². The summed E-state index contributed by atoms with van der Waals surface area (Å²) in [6.45, 7) is 7.72. The summed E-state index contributed by atoms with van der Waals surface area (Å²) in [5.41, 5.74) is 5.12. The number of hydrogen-bond acceptors (Lipinski definition) is 7. The number of ether oxygens (including phenoxy) is 2. The van der Waals surface area contributed by atoms with Gasteiger partial charge in [0.1, 0.15) is 24.4 Å². The summed E-state index contributed by atoms with van der Waals surface area (Å²) in [4.78, 5) is 0. The number of benzene rings is 1. The average Bonchev–Trinajstić information content (AvgIpc) is 3.16. The van der Waals surface area contributed by atoms with E-state index in [1.54, 1.807) is 0 Å². The van der Waals surface area contributed by atoms with Crippen molar-refractivity contribution in [2.75, 3.05) is 6.61 Å². The molecule has 1 aliphatic heterocycles. The van der Waals surface area contributed by atoms with Crippen LogP contribution in [-0.2, 0) is 11.2 Å². The zero-order valence-electron chi connectivity index (χ0n) is 19.0. The van der Waals surface area contributed by atoms with Gasteiger partial charge in [-0.05, 0) is 36.0 Å². The molecule has 32 heavy (non-hydrogen) atoms. The minimum Gasteiger partial charge on any atom is -0.443 e. The molecule has 5 N–H and O–H groups in total. The van der Waals surface area contributed by atoms with Crippen molar-refractivity contribution in [2.24, 2.45) is 0 Å². The molecule has 0 saturated carbocycles. The lowest BCUT2D eigenvalue weighted by molar-refractivity contribution is -0.278. The molecule has 1 aliphatic rings. The number of H-pyrrole nitrogens is 1. The average molecular weight is 447 g/mol. The number of nitrogens with zero attached hydrogens (tertiary/aromatic N) is 1. The maximum Gasteiger partial charge on any atom is 0.238 e. The maximum absolute atomic E-state index is 10.3. The van der Waals surface area contributed by atoms with Crippen LogP contribution in [0.3, 0.4) is 0 Å². The topological polar surface area (TPSA) is 128 Å². The molecular weight excluding hydrogens is 412 g/mol. The number of allylic oxidation sites excluding steroid dienone is 1. The van der Waals surface area contributed by atoms with E-state index in [0.29, 0.717) is 6.42 Å². The first-order chi connectivity index (χ1) is 15.3. The number of aliphatic hydroxyl groups excluding tert-OH is 4. The monoisotopic (exact) mass is 446 g/mol. The Morgan fingerprint density at radius 2 is 1.94 bits per heavy atom. The molecule has 0 radical (unpaired) electrons. The van der Waals surface area contributed by atoms with Gasteiger partial charge in [0.25, 0.3) is 0 Å². The van der Waals surface area contributed by atoms with Gasteiger partial charge in [-0.15, -0.1) is 5.10 Å². The molecule has 0 aliphatic carbocycles. The standard InChI is InChI=1S/C24H34N2O6/c1-5-6-7-15-8-9-16(14(4)10-15)11-17-19(13(2)3)25-26-23(17)32-24-22(30)21(29)20(28)18(12-27)31-24/h6-10,13,18,20-22,24,27-30H,5,11-12H2,1-4H3,(H,25,26)/b7-6+/t18-,20-,21+,22-,24+/m1/s1. The third-order valence-corrected chi connectivity index (χ3v) is 5.79. The SMILES string of the molecule is CC/C=C/c1ccc(Cc2c(O[C@@H]3O[C@H](CO)[C@@H](O)[C@H](O)[C@H]3O)n[nH]c2C(C)C)c(C)c1. The normalized spacial score (nSPS) is 26.2. The van der Waals surface area contributed by atoms with Crippen LogP contribution in [0.1, 0.15) is 61.1 Å². The molecule has 8 nitrogen and oxygen atoms in total. The molecule has 3 rings (SSSR count). The second-order valence-electron chi connectivity index (χ2n) is 8.56. The van der Waals surface area contributed by atoms with Crippen LogP contribution in [-0.4, -0.2) is 67.9 Å². The van der Waals surface area contributed by atoms with Crippen LogP contribution in [0.2, 0.25) is 0 Å². The van der Waals surface area contributed by atoms with Crippen LogP contribution in [0, 0.1) is 6.92 Å². The summed E-state index contributed by atoms with van der Waals surface area (Å²) < 4.78 is 11.4. The van der Waals surface area contributed by atoms with Crippen molar-refractivity contribution in [3.8, 4) is 5.88 Å². The van der Waals surface area contributed by atoms with Crippen molar-refractivity contribution < 1.29 is 29.9 Å². The van der Waals surface area contributed by atoms with E-state index in [4.69, 9.17) is 9.47 Å². The van der Waals surface area contributed by atoms with Crippen LogP contribution < -0.4 is 4.74 Å². The van der Waals surface area contributed by atoms with Crippen molar-refractivity contribution in [3.05, 3.63) is 52.2 Å². The van der Waals surface area contributed by atoms with E-state index in [2.05, 4.69) is 54.4 Å². The summed E-state index contributed by atoms with van der Waals surface area (Å²) in [5.74, 6) is 0.407. The number of nitrogens with one attached hydrogen (secondary N) is 1. The number of rotatable bonds is 8. The fraction of sp³-hybridized carbons (Fsp3) is 0.542. The Balaban J connectivity index is 1.88. The molecule has 1 saturated heterocycles. The van der Waals surface area contributed by atoms with Crippen LogP contribution in [0.5, 0.6) is 5.88 Å². The largest absolute Gasteiger partial charge is 0.443 e. The van der Waals surface area contributed by atoms with Gasteiger partial charge in [-0.2, -0.15) is 0 Å². The lowest BCUT2D eigenvalue weighted by Gasteiger charge is -2.39. The number of aliphatic hydroxyl groups is 4. The molecule has 0 unspecified atom stereocenters. The lowest BCUT2D eigenvalue weighted by atomic mass is 9.95. The predicted octanol–water partition coefficient (Wildman–Crippen LogP) is 2.03. The van der Waals surface area contributed by atoms with E-state index < -0.39 is 37.3 Å². The first-order valence-corrected chi connectivity index (χ1v) is 11.1. The predicted molar refractivity (Wildman–Crippen MR) is 120 cm³/mol. The highest BCUT2D eigenvalue weighted by molar-refractivity contribution is 5.52. The van der Waals surface area contributed by atoms with Gasteiger partial charge in [0, 0.05) is 17.7 Å². The van der Waals surface area contributed by atoms with Gasteiger partial charge >= 0.3 is 0 Å². The van der Waals surface area contributed by atoms with Gasteiger partial charge in [-0.1, -0.05) is 51.1 Å². The van der Waals surface area contributed by atoms with Crippen LogP contribution in [0.15, 0.2) is 24.3 Å². The van der Waals surface area contributed by atoms with Crippen molar-refractivity contribution in [1.82, 2.24) is 10.2 Å². The molecule has 2 heterocycles. The van der Waals surface area contributed by atoms with Crippen LogP contribution in [0.4, 0.5) is 0 Å². The zero-order chi connectivity index (χ0) is 23.4. The number of hydrogen-bond donors (Lipinski definition) is 5. The summed E-state index contributed by atoms with van der Waals surface area (Å²) >= 11 is 0. The molecule has 5 atom stereocenters. The van der Waals surface area contributed by atoms with Gasteiger partial charge in [0.15, 0.2) is 0 Å². The van der Waals surface area contributed by atoms with Crippen LogP contribution in [0.25, 0.3) is 6.08 Å². The Kier molecular flexibility index (Phi) is 8.08. The molecule has 1 fully saturated rings. The van der Waals surface area contributed by atoms with Gasteiger partial charge in [-0.3, -0.25) is 5.10 Å². The Bertz CT molecular complexity index is 923. The Hall–Kier alpha value is -2.23. The molecule has 8 heteroatoms. The summed E-state index contributed by atoms with van der Waals surface area (Å²) in [5, 5.41) is 47.1. The first-order valence-electron chi connectivity index (χ1n) is 11.1. The molecule has 1 aromatic carbocycles. The molecule has 0 amide bonds. The van der Waals surface area contributed by atoms with Crippen molar-refractivity contribution in [3.63, 3.8) is 0 Å². The van der Waals surface area contributed by atoms with Crippen molar-refractivity contribution in [2.45, 2.75) is 77.2 Å². The molecule has 176 valence electrons. The van der Waals surface area contributed by atoms with E-state index >= 15 is 0 Å². The third kappa shape index (κ3) is 5.22. The molecule has 1 aromatic heterocycles. The molecular formula is C24H34N2O6. The summed E-state index contributed by atoms with van der Waals surface area (Å²) in [6, 6.07) is 6.29. The van der Waals surface area contributed by atoms with Crippen LogP contribution >= 0.6 is 0 Å². The Morgan fingerprint density at radius 1 is 1.19 bits per heavy atom. The fourth-order valence-electron chi connectivity index (χ4n) is 3.85. The first kappa shape index (κ1) is 24.4. The molecule has 2 aromatic rings. The second kappa shape index (κ2) is 10.6. The molecule has 0 spiro atoms. The minimum absolute atomic E-state index is 0.150. The minimum atomic E-state index is -1.51. The Labute approximate surface area is 188 Å². The highest BCUT2D eigenvalue weighted by atomic mass is 16.7. The third-order valence-electron chi connectivity index (χ3n) is 5.79. The lowest BCUT2D eigenvalue weighted by Crippen LogP contribution is -2.60. The van der Waals surface area contributed by atoms with Crippen molar-refractivity contribution in [1.29, 1.82) is 0 Å². The maximum atomic E-state index is 10.3. The van der Waals surface area contributed by atoms with Crippen molar-refractivity contribution >= 4 is 6.08 Å². The van der Waals surface area contributed by atoms with E-state index in [0.717, 1.165) is 34.4 Å². The fourth-order valence-corrected chi connectivity index (χ4v) is 3.85. The highest BCUT2D eigenvalue weighted by Crippen LogP contribution is 2.32. The molecule has 0 bridgehead atoms. The smallest absolute Gasteiger partial charge is 0.238 e. The Morgan fingerprint density at radius 3 is 2.56 bits per heavy atom. The van der Waals surface area contributed by atoms with E-state index in [1.807, 2.05) is 13.8 Å². The van der Waals surface area contributed by atoms with E-state index in [1.165, 1.54) is 0 Å². The van der Waals surface area contributed by atoms with Gasteiger partial charge in [0.2, 0.25) is 12.2 Å². The zero-order valence-corrected chi connectivity index (χ0v) is 19.0. The van der Waals surface area contributed by atoms with Gasteiger partial charge < -0.3 is 29.9 Å². The van der Waals surface area contributed by atoms with E-state index in [9.17, 15) is 20.4 Å². The highest BCUT2D eigenvalue weighted by Gasteiger charge is 2.45. The van der Waals surface area contributed by atoms with Gasteiger partial charge in [-0.25, -0.2) is 0 Å². The number of aryl methyl sites for hydroxylation is 1. The van der Waals surface area contributed by atoms with Gasteiger partial charge in [0.05, 0.1) is 6.61 Å². The summed E-state index contributed by atoms with van der Waals surface area (Å²) in [6.07, 6.45) is -1.02.